The summed E-state index contributed by atoms with van der Waals surface area (Å²) in [5.74, 6) is 0.758. The summed E-state index contributed by atoms with van der Waals surface area (Å²) in [6.07, 6.45) is 2.77. The lowest BCUT2D eigenvalue weighted by Crippen LogP contribution is -2.39. The van der Waals surface area contributed by atoms with Gasteiger partial charge in [0.25, 0.3) is 0 Å². The molecule has 21 heavy (non-hydrogen) atoms. The summed E-state index contributed by atoms with van der Waals surface area (Å²) < 4.78 is 5.57. The zero-order chi connectivity index (χ0) is 15.2. The highest BCUT2D eigenvalue weighted by Gasteiger charge is 2.23. The maximum Gasteiger partial charge on any atom is 0.225 e. The summed E-state index contributed by atoms with van der Waals surface area (Å²) in [6.45, 7) is 2.28. The molecule has 0 saturated carbocycles. The molecule has 2 rings (SSSR count). The number of nitrogen functional groups attached to an aromatic ring is 1. The predicted molar refractivity (Wildman–Crippen MR) is 84.3 cm³/mol. The normalized spacial score (nSPS) is 18.7. The summed E-state index contributed by atoms with van der Waals surface area (Å²) >= 11 is 0. The molecule has 0 bridgehead atoms. The molecule has 2 N–H and O–H groups in total. The summed E-state index contributed by atoms with van der Waals surface area (Å²) in [6, 6.07) is 7.83. The topological polar surface area (TPSA) is 58.8 Å². The van der Waals surface area contributed by atoms with Crippen molar-refractivity contribution in [3.05, 3.63) is 24.3 Å². The van der Waals surface area contributed by atoms with Gasteiger partial charge < -0.3 is 20.3 Å². The Morgan fingerprint density at radius 2 is 2.24 bits per heavy atom. The summed E-state index contributed by atoms with van der Waals surface area (Å²) in [4.78, 5) is 16.2. The standard InChI is InChI=1S/C16H25N3O2/c1-18-10-5-6-13(18)12-19(2)16(20)9-11-21-15-8-4-3-7-14(15)17/h3-4,7-8,13H,5-6,9-12,17H2,1-2H3. The van der Waals surface area contributed by atoms with Crippen LogP contribution in [0.5, 0.6) is 5.75 Å². The van der Waals surface area contributed by atoms with Crippen LogP contribution in [0.15, 0.2) is 24.3 Å². The molecule has 1 aromatic carbocycles. The van der Waals surface area contributed by atoms with Gasteiger partial charge in [0.2, 0.25) is 5.91 Å². The van der Waals surface area contributed by atoms with Gasteiger partial charge in [0.15, 0.2) is 0 Å². The number of hydrogen-bond acceptors (Lipinski definition) is 4. The van der Waals surface area contributed by atoms with Crippen molar-refractivity contribution in [2.24, 2.45) is 0 Å². The Kier molecular flexibility index (Phi) is 5.44. The van der Waals surface area contributed by atoms with E-state index in [0.29, 0.717) is 30.5 Å². The van der Waals surface area contributed by atoms with Gasteiger partial charge in [-0.05, 0) is 38.6 Å². The van der Waals surface area contributed by atoms with Crippen molar-refractivity contribution >= 4 is 11.6 Å². The molecule has 1 heterocycles. The van der Waals surface area contributed by atoms with Gasteiger partial charge in [-0.2, -0.15) is 0 Å². The van der Waals surface area contributed by atoms with E-state index >= 15 is 0 Å². The van der Waals surface area contributed by atoms with Crippen LogP contribution in [0.25, 0.3) is 0 Å². The Morgan fingerprint density at radius 3 is 2.90 bits per heavy atom. The molecule has 0 aliphatic carbocycles. The van der Waals surface area contributed by atoms with Gasteiger partial charge in [-0.1, -0.05) is 12.1 Å². The van der Waals surface area contributed by atoms with Crippen molar-refractivity contribution in [2.75, 3.05) is 39.5 Å². The minimum Gasteiger partial charge on any atom is -0.491 e. The molecule has 1 unspecified atom stereocenters. The Hall–Kier alpha value is -1.75. The monoisotopic (exact) mass is 291 g/mol. The van der Waals surface area contributed by atoms with Crippen molar-refractivity contribution in [3.63, 3.8) is 0 Å². The molecule has 116 valence electrons. The molecule has 5 nitrogen and oxygen atoms in total. The first-order chi connectivity index (χ1) is 10.1. The van der Waals surface area contributed by atoms with E-state index in [4.69, 9.17) is 10.5 Å². The van der Waals surface area contributed by atoms with Gasteiger partial charge in [-0.15, -0.1) is 0 Å². The fraction of sp³-hybridized carbons (Fsp3) is 0.562. The van der Waals surface area contributed by atoms with Crippen LogP contribution in [-0.2, 0) is 4.79 Å². The van der Waals surface area contributed by atoms with Crippen molar-refractivity contribution in [1.29, 1.82) is 0 Å². The van der Waals surface area contributed by atoms with Crippen LogP contribution in [0.3, 0.4) is 0 Å². The van der Waals surface area contributed by atoms with Crippen LogP contribution in [0.2, 0.25) is 0 Å². The quantitative estimate of drug-likeness (QED) is 0.809. The van der Waals surface area contributed by atoms with Crippen LogP contribution in [0, 0.1) is 0 Å². The second kappa shape index (κ2) is 7.31. The zero-order valence-electron chi connectivity index (χ0n) is 12.9. The first kappa shape index (κ1) is 15.6. The second-order valence-electron chi connectivity index (χ2n) is 5.69. The molecular formula is C16H25N3O2. The Balaban J connectivity index is 1.72. The molecule has 1 atom stereocenters. The van der Waals surface area contributed by atoms with Crippen molar-refractivity contribution < 1.29 is 9.53 Å². The number of nitrogens with two attached hydrogens (primary N) is 1. The molecule has 5 heteroatoms. The number of benzene rings is 1. The van der Waals surface area contributed by atoms with Gasteiger partial charge in [0.05, 0.1) is 18.7 Å². The number of carbonyl (C=O) groups is 1. The van der Waals surface area contributed by atoms with Gasteiger partial charge in [-0.25, -0.2) is 0 Å². The highest BCUT2D eigenvalue weighted by Crippen LogP contribution is 2.20. The average molecular weight is 291 g/mol. The largest absolute Gasteiger partial charge is 0.491 e. The van der Waals surface area contributed by atoms with Crippen LogP contribution in [0.1, 0.15) is 19.3 Å². The summed E-state index contributed by atoms with van der Waals surface area (Å²) in [5.41, 5.74) is 6.40. The molecular weight excluding hydrogens is 266 g/mol. The lowest BCUT2D eigenvalue weighted by molar-refractivity contribution is -0.131. The SMILES string of the molecule is CN(CC1CCCN1C)C(=O)CCOc1ccccc1N. The summed E-state index contributed by atoms with van der Waals surface area (Å²) in [5, 5.41) is 0. The van der Waals surface area contributed by atoms with Crippen molar-refractivity contribution in [2.45, 2.75) is 25.3 Å². The van der Waals surface area contributed by atoms with Gasteiger partial charge in [-0.3, -0.25) is 4.79 Å². The lowest BCUT2D eigenvalue weighted by Gasteiger charge is -2.26. The predicted octanol–water partition coefficient (Wildman–Crippen LogP) is 1.59. The molecule has 1 saturated heterocycles. The van der Waals surface area contributed by atoms with Crippen LogP contribution >= 0.6 is 0 Å². The van der Waals surface area contributed by atoms with Crippen LogP contribution in [0.4, 0.5) is 5.69 Å². The van der Waals surface area contributed by atoms with Gasteiger partial charge >= 0.3 is 0 Å². The Bertz CT molecular complexity index is 478. The fourth-order valence-corrected chi connectivity index (χ4v) is 2.68. The number of likely N-dealkylation sites (N-methyl/N-ethyl adjacent to an activating group) is 2. The van der Waals surface area contributed by atoms with E-state index < -0.39 is 0 Å². The van der Waals surface area contributed by atoms with E-state index in [1.807, 2.05) is 30.1 Å². The number of nitrogens with zero attached hydrogens (tertiary/aromatic N) is 2. The molecule has 1 aromatic rings. The van der Waals surface area contributed by atoms with E-state index in [2.05, 4.69) is 11.9 Å². The molecule has 1 amide bonds. The lowest BCUT2D eigenvalue weighted by atomic mass is 10.2. The van der Waals surface area contributed by atoms with Gasteiger partial charge in [0.1, 0.15) is 5.75 Å². The highest BCUT2D eigenvalue weighted by atomic mass is 16.5. The number of likely N-dealkylation sites (tertiary alicyclic amines) is 1. The number of amides is 1. The Labute approximate surface area is 126 Å². The number of para-hydroxylation sites is 2. The molecule has 1 aliphatic heterocycles. The minimum absolute atomic E-state index is 0.116. The molecule has 1 fully saturated rings. The van der Waals surface area contributed by atoms with Crippen LogP contribution in [-0.4, -0.2) is 55.5 Å². The third-order valence-corrected chi connectivity index (χ3v) is 4.07. The average Bonchev–Trinajstić information content (AvgIpc) is 2.86. The Morgan fingerprint density at radius 1 is 1.48 bits per heavy atom. The van der Waals surface area contributed by atoms with E-state index in [1.54, 1.807) is 6.07 Å². The first-order valence-corrected chi connectivity index (χ1v) is 7.49. The summed E-state index contributed by atoms with van der Waals surface area (Å²) in [7, 11) is 3.99. The third kappa shape index (κ3) is 4.36. The number of anilines is 1. The third-order valence-electron chi connectivity index (χ3n) is 4.07. The van der Waals surface area contributed by atoms with E-state index in [1.165, 1.54) is 12.8 Å². The molecule has 0 radical (unpaired) electrons. The molecule has 0 aromatic heterocycles. The minimum atomic E-state index is 0.116. The zero-order valence-corrected chi connectivity index (χ0v) is 12.9. The maximum atomic E-state index is 12.1. The highest BCUT2D eigenvalue weighted by molar-refractivity contribution is 5.76. The number of carbonyl (C=O) groups excluding carboxylic acids is 1. The van der Waals surface area contributed by atoms with Crippen molar-refractivity contribution in [3.8, 4) is 5.75 Å². The maximum absolute atomic E-state index is 12.1. The number of hydrogen-bond donors (Lipinski definition) is 1. The molecule has 0 spiro atoms. The van der Waals surface area contributed by atoms with E-state index in [9.17, 15) is 4.79 Å². The molecule has 1 aliphatic rings. The first-order valence-electron chi connectivity index (χ1n) is 7.49. The smallest absolute Gasteiger partial charge is 0.225 e. The number of rotatable bonds is 6. The van der Waals surface area contributed by atoms with Crippen molar-refractivity contribution in [1.82, 2.24) is 9.80 Å². The van der Waals surface area contributed by atoms with Gasteiger partial charge in [0, 0.05) is 19.6 Å². The van der Waals surface area contributed by atoms with E-state index in [0.717, 1.165) is 13.1 Å². The number of ether oxygens (including phenoxy) is 1. The second-order valence-corrected chi connectivity index (χ2v) is 5.69. The van der Waals surface area contributed by atoms with Crippen LogP contribution < -0.4 is 10.5 Å². The fourth-order valence-electron chi connectivity index (χ4n) is 2.68. The van der Waals surface area contributed by atoms with E-state index in [-0.39, 0.29) is 5.91 Å².